The summed E-state index contributed by atoms with van der Waals surface area (Å²) in [6.07, 6.45) is 3.43. The third kappa shape index (κ3) is 2.97. The lowest BCUT2D eigenvalue weighted by Crippen LogP contribution is -2.27. The first-order valence-corrected chi connectivity index (χ1v) is 7.10. The molecule has 2 heterocycles. The maximum atomic E-state index is 11.4. The molecule has 0 aromatic heterocycles. The number of nitro benzene ring substituents is 1. The van der Waals surface area contributed by atoms with Gasteiger partial charge in [-0.1, -0.05) is 0 Å². The average Bonchev–Trinajstić information content (AvgIpc) is 2.84. The van der Waals surface area contributed by atoms with Gasteiger partial charge in [-0.2, -0.15) is 0 Å². The number of amides is 1. The second-order valence-corrected chi connectivity index (χ2v) is 5.38. The molecule has 0 saturated carbocycles. The summed E-state index contributed by atoms with van der Waals surface area (Å²) in [6.45, 7) is 1.28. The van der Waals surface area contributed by atoms with Gasteiger partial charge in [0.2, 0.25) is 5.91 Å². The van der Waals surface area contributed by atoms with E-state index >= 15 is 0 Å². The third-order valence-corrected chi connectivity index (χ3v) is 3.84. The van der Waals surface area contributed by atoms with E-state index in [4.69, 9.17) is 4.74 Å². The Bertz CT molecular complexity index is 582. The van der Waals surface area contributed by atoms with Crippen LogP contribution in [0.1, 0.15) is 24.8 Å². The van der Waals surface area contributed by atoms with E-state index in [1.807, 2.05) is 0 Å². The van der Waals surface area contributed by atoms with Crippen molar-refractivity contribution in [3.8, 4) is 0 Å². The Morgan fingerprint density at radius 1 is 1.43 bits per heavy atom. The number of hydrogen-bond donors (Lipinski definition) is 2. The van der Waals surface area contributed by atoms with Gasteiger partial charge in [-0.05, 0) is 30.9 Å². The molecule has 1 saturated heterocycles. The number of rotatable bonds is 4. The number of fused-ring (bicyclic) bond motifs is 1. The van der Waals surface area contributed by atoms with Crippen molar-refractivity contribution in [3.63, 3.8) is 0 Å². The highest BCUT2D eigenvalue weighted by atomic mass is 16.6. The van der Waals surface area contributed by atoms with Gasteiger partial charge in [0.15, 0.2) is 0 Å². The number of carbonyl (C=O) groups excluding carboxylic acids is 1. The number of carbonyl (C=O) groups is 1. The Morgan fingerprint density at radius 3 is 3.00 bits per heavy atom. The van der Waals surface area contributed by atoms with Crippen molar-refractivity contribution in [1.82, 2.24) is 0 Å². The van der Waals surface area contributed by atoms with E-state index < -0.39 is 4.92 Å². The lowest BCUT2D eigenvalue weighted by molar-refractivity contribution is -0.384. The number of nitrogens with zero attached hydrogens (tertiary/aromatic N) is 1. The van der Waals surface area contributed by atoms with Crippen LogP contribution in [0.25, 0.3) is 0 Å². The number of hydrogen-bond acceptors (Lipinski definition) is 5. The van der Waals surface area contributed by atoms with Crippen molar-refractivity contribution in [2.75, 3.05) is 23.8 Å². The van der Waals surface area contributed by atoms with Gasteiger partial charge in [-0.3, -0.25) is 14.9 Å². The van der Waals surface area contributed by atoms with E-state index in [1.54, 1.807) is 6.07 Å². The van der Waals surface area contributed by atoms with Gasteiger partial charge in [0, 0.05) is 24.9 Å². The maximum absolute atomic E-state index is 11.4. The summed E-state index contributed by atoms with van der Waals surface area (Å²) in [5.41, 5.74) is 1.75. The molecule has 7 nitrogen and oxygen atoms in total. The van der Waals surface area contributed by atoms with Crippen LogP contribution in [0.3, 0.4) is 0 Å². The molecule has 2 N–H and O–H groups in total. The smallest absolute Gasteiger partial charge is 0.292 e. The van der Waals surface area contributed by atoms with Crippen molar-refractivity contribution in [2.24, 2.45) is 0 Å². The molecule has 2 aliphatic rings. The standard InChI is InChI=1S/C14H17N3O4/c18-14-6-9-5-13(17(19)20)12(7-11(9)16-14)15-8-10-3-1-2-4-21-10/h5,7,10,15H,1-4,6,8H2,(H,16,18). The van der Waals surface area contributed by atoms with Crippen LogP contribution in [0.15, 0.2) is 12.1 Å². The van der Waals surface area contributed by atoms with E-state index in [1.165, 1.54) is 6.07 Å². The minimum atomic E-state index is -0.423. The molecule has 1 amide bonds. The number of benzene rings is 1. The Hall–Kier alpha value is -2.15. The zero-order chi connectivity index (χ0) is 14.8. The zero-order valence-electron chi connectivity index (χ0n) is 11.6. The molecule has 0 spiro atoms. The van der Waals surface area contributed by atoms with Crippen molar-refractivity contribution < 1.29 is 14.5 Å². The van der Waals surface area contributed by atoms with Gasteiger partial charge < -0.3 is 15.4 Å². The van der Waals surface area contributed by atoms with Crippen LogP contribution in [0.4, 0.5) is 17.1 Å². The summed E-state index contributed by atoms with van der Waals surface area (Å²) in [5, 5.41) is 17.0. The quantitative estimate of drug-likeness (QED) is 0.654. The molecule has 1 aromatic carbocycles. The largest absolute Gasteiger partial charge is 0.377 e. The zero-order valence-corrected chi connectivity index (χ0v) is 11.6. The highest BCUT2D eigenvalue weighted by Crippen LogP contribution is 2.34. The fraction of sp³-hybridized carbons (Fsp3) is 0.500. The Kier molecular flexibility index (Phi) is 3.74. The van der Waals surface area contributed by atoms with Crippen molar-refractivity contribution in [3.05, 3.63) is 27.8 Å². The van der Waals surface area contributed by atoms with Crippen LogP contribution in [0.2, 0.25) is 0 Å². The monoisotopic (exact) mass is 291 g/mol. The van der Waals surface area contributed by atoms with Gasteiger partial charge in [0.05, 0.1) is 17.4 Å². The first kappa shape index (κ1) is 13.8. The summed E-state index contributed by atoms with van der Waals surface area (Å²) in [5.74, 6) is -0.132. The van der Waals surface area contributed by atoms with Crippen LogP contribution >= 0.6 is 0 Å². The molecule has 0 aliphatic carbocycles. The molecule has 1 fully saturated rings. The van der Waals surface area contributed by atoms with E-state index in [2.05, 4.69) is 10.6 Å². The van der Waals surface area contributed by atoms with Gasteiger partial charge in [-0.25, -0.2) is 0 Å². The average molecular weight is 291 g/mol. The Morgan fingerprint density at radius 2 is 2.29 bits per heavy atom. The highest BCUT2D eigenvalue weighted by Gasteiger charge is 2.25. The van der Waals surface area contributed by atoms with Crippen molar-refractivity contribution >= 4 is 23.0 Å². The summed E-state index contributed by atoms with van der Waals surface area (Å²) < 4.78 is 5.61. The molecule has 1 aromatic rings. The van der Waals surface area contributed by atoms with E-state index in [0.29, 0.717) is 23.5 Å². The summed E-state index contributed by atoms with van der Waals surface area (Å²) in [7, 11) is 0. The van der Waals surface area contributed by atoms with Crippen LogP contribution in [-0.2, 0) is 16.0 Å². The minimum absolute atomic E-state index is 0.000981. The molecule has 7 heteroatoms. The minimum Gasteiger partial charge on any atom is -0.377 e. The Balaban J connectivity index is 1.78. The summed E-state index contributed by atoms with van der Waals surface area (Å²) in [4.78, 5) is 22.1. The summed E-state index contributed by atoms with van der Waals surface area (Å²) in [6, 6.07) is 3.11. The molecule has 0 radical (unpaired) electrons. The van der Waals surface area contributed by atoms with E-state index in [-0.39, 0.29) is 24.1 Å². The molecule has 0 bridgehead atoms. The SMILES string of the molecule is O=C1Cc2cc([N+](=O)[O-])c(NCC3CCCCO3)cc2N1. The fourth-order valence-corrected chi connectivity index (χ4v) is 2.75. The summed E-state index contributed by atoms with van der Waals surface area (Å²) >= 11 is 0. The molecule has 2 aliphatic heterocycles. The predicted molar refractivity (Wildman–Crippen MR) is 77.5 cm³/mol. The van der Waals surface area contributed by atoms with Crippen LogP contribution in [0.5, 0.6) is 0 Å². The third-order valence-electron chi connectivity index (χ3n) is 3.84. The highest BCUT2D eigenvalue weighted by molar-refractivity contribution is 6.00. The van der Waals surface area contributed by atoms with Gasteiger partial charge in [0.1, 0.15) is 5.69 Å². The van der Waals surface area contributed by atoms with Crippen LogP contribution in [0, 0.1) is 10.1 Å². The number of nitro groups is 1. The molecule has 1 atom stereocenters. The second-order valence-electron chi connectivity index (χ2n) is 5.38. The first-order valence-electron chi connectivity index (χ1n) is 7.10. The normalized spacial score (nSPS) is 20.8. The molecule has 3 rings (SSSR count). The Labute approximate surface area is 121 Å². The van der Waals surface area contributed by atoms with Crippen LogP contribution in [-0.4, -0.2) is 30.1 Å². The lowest BCUT2D eigenvalue weighted by Gasteiger charge is -2.23. The van der Waals surface area contributed by atoms with Gasteiger partial charge in [-0.15, -0.1) is 0 Å². The van der Waals surface area contributed by atoms with Crippen molar-refractivity contribution in [1.29, 1.82) is 0 Å². The predicted octanol–water partition coefficient (Wildman–Crippen LogP) is 2.07. The van der Waals surface area contributed by atoms with Crippen molar-refractivity contribution in [2.45, 2.75) is 31.8 Å². The number of nitrogens with one attached hydrogen (secondary N) is 2. The first-order chi connectivity index (χ1) is 10.1. The molecule has 112 valence electrons. The van der Waals surface area contributed by atoms with Gasteiger partial charge >= 0.3 is 0 Å². The van der Waals surface area contributed by atoms with E-state index in [9.17, 15) is 14.9 Å². The molecular formula is C14H17N3O4. The maximum Gasteiger partial charge on any atom is 0.292 e. The molecule has 21 heavy (non-hydrogen) atoms. The van der Waals surface area contributed by atoms with Gasteiger partial charge in [0.25, 0.3) is 5.69 Å². The second kappa shape index (κ2) is 5.69. The molecular weight excluding hydrogens is 274 g/mol. The van der Waals surface area contributed by atoms with E-state index in [0.717, 1.165) is 25.9 Å². The number of anilines is 2. The lowest BCUT2D eigenvalue weighted by atomic mass is 10.1. The molecule has 1 unspecified atom stereocenters. The van der Waals surface area contributed by atoms with Crippen LogP contribution < -0.4 is 10.6 Å². The topological polar surface area (TPSA) is 93.5 Å². The fourth-order valence-electron chi connectivity index (χ4n) is 2.75. The number of ether oxygens (including phenoxy) is 1.